The molecule has 3 heterocycles. The molecule has 0 aliphatic carbocycles. The van der Waals surface area contributed by atoms with Crippen molar-refractivity contribution in [2.75, 3.05) is 18.8 Å². The molecule has 2 aromatic carbocycles. The van der Waals surface area contributed by atoms with Gasteiger partial charge in [-0.1, -0.05) is 54.2 Å². The van der Waals surface area contributed by atoms with Gasteiger partial charge in [0.2, 0.25) is 5.91 Å². The number of imidazole rings is 1. The van der Waals surface area contributed by atoms with Gasteiger partial charge in [0.05, 0.1) is 22.8 Å². The van der Waals surface area contributed by atoms with Crippen molar-refractivity contribution >= 4 is 39.8 Å². The number of nitrogen functional groups attached to an aromatic ring is 1. The van der Waals surface area contributed by atoms with E-state index in [1.54, 1.807) is 13.1 Å². The molecule has 0 saturated heterocycles. The molecular formula is C28H27N7O4. The second kappa shape index (κ2) is 10.7. The van der Waals surface area contributed by atoms with Gasteiger partial charge >= 0.3 is 6.09 Å². The third-order valence-corrected chi connectivity index (χ3v) is 6.36. The van der Waals surface area contributed by atoms with Crippen molar-refractivity contribution < 1.29 is 19.2 Å². The Hall–Kier alpha value is -5.19. The van der Waals surface area contributed by atoms with Gasteiger partial charge in [-0.3, -0.25) is 4.79 Å². The molecule has 5 aromatic rings. The second-order valence-electron chi connectivity index (χ2n) is 9.20. The van der Waals surface area contributed by atoms with E-state index in [4.69, 9.17) is 15.2 Å². The molecule has 0 spiro atoms. The lowest BCUT2D eigenvalue weighted by Gasteiger charge is -2.20. The largest absolute Gasteiger partial charge is 0.465 e. The first-order valence-electron chi connectivity index (χ1n) is 12.3. The maximum Gasteiger partial charge on any atom is 0.407 e. The van der Waals surface area contributed by atoms with Crippen LogP contribution in [0, 0.1) is 0 Å². The van der Waals surface area contributed by atoms with Crippen LogP contribution >= 0.6 is 0 Å². The van der Waals surface area contributed by atoms with Crippen LogP contribution in [0.3, 0.4) is 0 Å². The first-order chi connectivity index (χ1) is 18.8. The zero-order valence-electron chi connectivity index (χ0n) is 21.3. The molecule has 0 radical (unpaired) electrons. The molecule has 4 N–H and O–H groups in total. The number of carboxylic acid groups (broad SMARTS) is 1. The zero-order valence-corrected chi connectivity index (χ0v) is 21.3. The molecular weight excluding hydrogens is 498 g/mol. The molecule has 3 aromatic heterocycles. The number of rotatable bonds is 9. The number of carbonyl (C=O) groups is 2. The van der Waals surface area contributed by atoms with Gasteiger partial charge in [-0.15, -0.1) is 0 Å². The van der Waals surface area contributed by atoms with Crippen LogP contribution in [-0.2, 0) is 17.9 Å². The van der Waals surface area contributed by atoms with Gasteiger partial charge in [0.1, 0.15) is 17.6 Å². The smallest absolute Gasteiger partial charge is 0.407 e. The average molecular weight is 526 g/mol. The number of hydrogen-bond acceptors (Lipinski definition) is 7. The summed E-state index contributed by atoms with van der Waals surface area (Å²) < 4.78 is 7.14. The number of para-hydroxylation sites is 1. The molecule has 0 saturated carbocycles. The summed E-state index contributed by atoms with van der Waals surface area (Å²) in [6, 6.07) is 15.5. The number of pyridine rings is 1. The van der Waals surface area contributed by atoms with Crippen molar-refractivity contribution in [2.45, 2.75) is 20.0 Å². The van der Waals surface area contributed by atoms with Gasteiger partial charge in [-0.05, 0) is 24.1 Å². The van der Waals surface area contributed by atoms with E-state index in [-0.39, 0.29) is 25.5 Å². The number of anilines is 1. The van der Waals surface area contributed by atoms with E-state index in [2.05, 4.69) is 26.6 Å². The third-order valence-electron chi connectivity index (χ3n) is 6.36. The van der Waals surface area contributed by atoms with Gasteiger partial charge in [0, 0.05) is 37.1 Å². The molecule has 2 amide bonds. The first-order valence-corrected chi connectivity index (χ1v) is 12.3. The molecule has 0 bridgehead atoms. The molecule has 0 aliphatic rings. The van der Waals surface area contributed by atoms with Gasteiger partial charge < -0.3 is 30.1 Å². The highest BCUT2D eigenvalue weighted by Crippen LogP contribution is 2.33. The van der Waals surface area contributed by atoms with E-state index < -0.39 is 6.09 Å². The Labute approximate surface area is 223 Å². The van der Waals surface area contributed by atoms with Crippen molar-refractivity contribution in [3.63, 3.8) is 0 Å². The van der Waals surface area contributed by atoms with Crippen LogP contribution in [0.4, 0.5) is 10.6 Å². The van der Waals surface area contributed by atoms with Crippen molar-refractivity contribution in [3.8, 4) is 11.4 Å². The third kappa shape index (κ3) is 5.28. The lowest BCUT2D eigenvalue weighted by atomic mass is 10.1. The van der Waals surface area contributed by atoms with Crippen molar-refractivity contribution in [3.05, 3.63) is 84.3 Å². The lowest BCUT2D eigenvalue weighted by molar-refractivity contribution is -0.117. The van der Waals surface area contributed by atoms with Crippen LogP contribution in [-0.4, -0.2) is 54.8 Å². The highest BCUT2D eigenvalue weighted by atomic mass is 16.5. The number of nitrogens with two attached hydrogens (primary N) is 1. The topological polar surface area (TPSA) is 152 Å². The van der Waals surface area contributed by atoms with Crippen molar-refractivity contribution in [1.29, 1.82) is 0 Å². The molecule has 0 atom stereocenters. The Kier molecular flexibility index (Phi) is 6.96. The molecule has 0 unspecified atom stereocenters. The van der Waals surface area contributed by atoms with E-state index in [0.717, 1.165) is 27.5 Å². The minimum Gasteiger partial charge on any atom is -0.465 e. The number of nitrogens with one attached hydrogen (secondary N) is 1. The van der Waals surface area contributed by atoms with Crippen LogP contribution in [0.2, 0.25) is 0 Å². The lowest BCUT2D eigenvalue weighted by Crippen LogP contribution is -2.37. The predicted octanol–water partition coefficient (Wildman–Crippen LogP) is 4.04. The fourth-order valence-corrected chi connectivity index (χ4v) is 4.40. The molecule has 5 rings (SSSR count). The van der Waals surface area contributed by atoms with Crippen LogP contribution < -0.4 is 11.1 Å². The summed E-state index contributed by atoms with van der Waals surface area (Å²) in [7, 11) is 0. The molecule has 11 nitrogen and oxygen atoms in total. The summed E-state index contributed by atoms with van der Waals surface area (Å²) in [5, 5.41) is 17.0. The summed E-state index contributed by atoms with van der Waals surface area (Å²) in [6.07, 6.45) is 2.07. The SMILES string of the molecule is C=C(C)C(=O)NCCN(Cc1ccc(Cn2c(-c3cnoc3)nc3c(N)nc4ccccc4c32)cc1)C(=O)O. The minimum atomic E-state index is -1.06. The number of amides is 2. The number of aromatic nitrogens is 4. The summed E-state index contributed by atoms with van der Waals surface area (Å²) >= 11 is 0. The molecule has 0 fully saturated rings. The fourth-order valence-electron chi connectivity index (χ4n) is 4.40. The molecule has 0 aliphatic heterocycles. The molecule has 39 heavy (non-hydrogen) atoms. The van der Waals surface area contributed by atoms with E-state index in [1.807, 2.05) is 48.5 Å². The van der Waals surface area contributed by atoms with Gasteiger partial charge in [0.25, 0.3) is 0 Å². The van der Waals surface area contributed by atoms with Crippen LogP contribution in [0.15, 0.2) is 77.7 Å². The summed E-state index contributed by atoms with van der Waals surface area (Å²) in [5.74, 6) is 0.686. The van der Waals surface area contributed by atoms with Crippen molar-refractivity contribution in [1.82, 2.24) is 29.9 Å². The van der Waals surface area contributed by atoms with E-state index in [0.29, 0.717) is 34.8 Å². The Bertz CT molecular complexity index is 1670. The zero-order chi connectivity index (χ0) is 27.5. The average Bonchev–Trinajstić information content (AvgIpc) is 3.58. The molecule has 11 heteroatoms. The van der Waals surface area contributed by atoms with Gasteiger partial charge in [-0.25, -0.2) is 14.8 Å². The fraction of sp³-hybridized carbons (Fsp3) is 0.179. The van der Waals surface area contributed by atoms with Crippen molar-refractivity contribution in [2.24, 2.45) is 0 Å². The summed E-state index contributed by atoms with van der Waals surface area (Å²) in [6.45, 7) is 6.19. The maximum absolute atomic E-state index is 11.8. The predicted molar refractivity (Wildman–Crippen MR) is 147 cm³/mol. The number of fused-ring (bicyclic) bond motifs is 3. The van der Waals surface area contributed by atoms with Crippen LogP contribution in [0.25, 0.3) is 33.3 Å². The summed E-state index contributed by atoms with van der Waals surface area (Å²) in [4.78, 5) is 34.0. The number of benzene rings is 2. The minimum absolute atomic E-state index is 0.155. The van der Waals surface area contributed by atoms with Gasteiger partial charge in [-0.2, -0.15) is 0 Å². The van der Waals surface area contributed by atoms with E-state index in [1.165, 1.54) is 11.2 Å². The Morgan fingerprint density at radius 2 is 1.87 bits per heavy atom. The van der Waals surface area contributed by atoms with E-state index >= 15 is 0 Å². The Morgan fingerprint density at radius 1 is 1.13 bits per heavy atom. The maximum atomic E-state index is 11.8. The normalized spacial score (nSPS) is 11.1. The Morgan fingerprint density at radius 3 is 2.56 bits per heavy atom. The van der Waals surface area contributed by atoms with Crippen LogP contribution in [0.1, 0.15) is 18.1 Å². The summed E-state index contributed by atoms with van der Waals surface area (Å²) in [5.41, 5.74) is 11.4. The Balaban J connectivity index is 1.42. The second-order valence-corrected chi connectivity index (χ2v) is 9.20. The quantitative estimate of drug-likeness (QED) is 0.244. The number of carbonyl (C=O) groups excluding carboxylic acids is 1. The number of hydrogen-bond donors (Lipinski definition) is 3. The van der Waals surface area contributed by atoms with Crippen LogP contribution in [0.5, 0.6) is 0 Å². The van der Waals surface area contributed by atoms with E-state index in [9.17, 15) is 14.7 Å². The van der Waals surface area contributed by atoms with Gasteiger partial charge in [0.15, 0.2) is 5.82 Å². The monoisotopic (exact) mass is 525 g/mol. The highest BCUT2D eigenvalue weighted by Gasteiger charge is 2.20. The standard InChI is InChI=1S/C28H27N7O4/c1-17(2)27(36)30-11-12-34(28(37)38)14-18-7-9-19(10-8-18)15-35-24-21-5-3-4-6-22(21)32-25(29)23(24)33-26(35)20-13-31-39-16-20/h3-10,13,16H,1,11-12,14-15H2,2H3,(H2,29,32)(H,30,36)(H,37,38). The number of nitrogens with zero attached hydrogens (tertiary/aromatic N) is 5. The highest BCUT2D eigenvalue weighted by molar-refractivity contribution is 6.07. The molecule has 198 valence electrons. The first kappa shape index (κ1) is 25.5.